The SMILES string of the molecule is N/C(=N\O)C1CCOCC1. The zero-order chi connectivity index (χ0) is 7.40. The zero-order valence-electron chi connectivity index (χ0n) is 5.79. The molecule has 10 heavy (non-hydrogen) atoms. The van der Waals surface area contributed by atoms with Gasteiger partial charge in [-0.05, 0) is 12.8 Å². The monoisotopic (exact) mass is 144 g/mol. The van der Waals surface area contributed by atoms with E-state index in [-0.39, 0.29) is 5.92 Å². The van der Waals surface area contributed by atoms with Gasteiger partial charge in [0.25, 0.3) is 0 Å². The molecule has 0 aromatic heterocycles. The van der Waals surface area contributed by atoms with Crippen molar-refractivity contribution in [2.75, 3.05) is 13.2 Å². The summed E-state index contributed by atoms with van der Waals surface area (Å²) in [7, 11) is 0. The van der Waals surface area contributed by atoms with Crippen LogP contribution < -0.4 is 5.73 Å². The molecule has 0 aromatic carbocycles. The van der Waals surface area contributed by atoms with Crippen LogP contribution in [-0.2, 0) is 4.74 Å². The molecule has 1 aliphatic rings. The molecular weight excluding hydrogens is 132 g/mol. The highest BCUT2D eigenvalue weighted by atomic mass is 16.5. The molecule has 0 bridgehead atoms. The molecule has 4 nitrogen and oxygen atoms in total. The van der Waals surface area contributed by atoms with Gasteiger partial charge in [0.2, 0.25) is 0 Å². The first kappa shape index (κ1) is 7.34. The average Bonchev–Trinajstić information content (AvgIpc) is 2.05. The highest BCUT2D eigenvalue weighted by Crippen LogP contribution is 2.13. The molecular formula is C6H12N2O2. The number of nitrogens with zero attached hydrogens (tertiary/aromatic N) is 1. The molecule has 0 spiro atoms. The third kappa shape index (κ3) is 1.60. The smallest absolute Gasteiger partial charge is 0.142 e. The normalized spacial score (nSPS) is 23.0. The summed E-state index contributed by atoms with van der Waals surface area (Å²) in [6.07, 6.45) is 1.74. The number of nitrogens with two attached hydrogens (primary N) is 1. The molecule has 0 radical (unpaired) electrons. The van der Waals surface area contributed by atoms with Crippen LogP contribution in [0.1, 0.15) is 12.8 Å². The van der Waals surface area contributed by atoms with Gasteiger partial charge in [0.1, 0.15) is 5.84 Å². The molecule has 1 heterocycles. The number of rotatable bonds is 1. The van der Waals surface area contributed by atoms with Crippen molar-refractivity contribution < 1.29 is 9.94 Å². The predicted molar refractivity (Wildman–Crippen MR) is 37.0 cm³/mol. The fourth-order valence-corrected chi connectivity index (χ4v) is 1.07. The van der Waals surface area contributed by atoms with E-state index in [0.717, 1.165) is 26.1 Å². The lowest BCUT2D eigenvalue weighted by Crippen LogP contribution is -2.29. The topological polar surface area (TPSA) is 67.8 Å². The van der Waals surface area contributed by atoms with Crippen LogP contribution in [-0.4, -0.2) is 24.3 Å². The molecule has 4 heteroatoms. The molecule has 0 aliphatic carbocycles. The Hall–Kier alpha value is -0.770. The van der Waals surface area contributed by atoms with Crippen LogP contribution >= 0.6 is 0 Å². The summed E-state index contributed by atoms with van der Waals surface area (Å²) in [5, 5.41) is 11.3. The molecule has 0 aromatic rings. The van der Waals surface area contributed by atoms with Crippen LogP contribution in [0, 0.1) is 5.92 Å². The van der Waals surface area contributed by atoms with Gasteiger partial charge >= 0.3 is 0 Å². The average molecular weight is 144 g/mol. The van der Waals surface area contributed by atoms with Crippen molar-refractivity contribution in [3.05, 3.63) is 0 Å². The van der Waals surface area contributed by atoms with Gasteiger partial charge in [-0.2, -0.15) is 0 Å². The van der Waals surface area contributed by atoms with E-state index < -0.39 is 0 Å². The van der Waals surface area contributed by atoms with Crippen molar-refractivity contribution in [2.24, 2.45) is 16.8 Å². The minimum Gasteiger partial charge on any atom is -0.409 e. The van der Waals surface area contributed by atoms with E-state index in [9.17, 15) is 0 Å². The van der Waals surface area contributed by atoms with Crippen molar-refractivity contribution >= 4 is 5.84 Å². The number of amidine groups is 1. The Kier molecular flexibility index (Phi) is 2.50. The van der Waals surface area contributed by atoms with Gasteiger partial charge in [-0.1, -0.05) is 5.16 Å². The van der Waals surface area contributed by atoms with E-state index in [4.69, 9.17) is 15.7 Å². The lowest BCUT2D eigenvalue weighted by Gasteiger charge is -2.19. The standard InChI is InChI=1S/C6H12N2O2/c7-6(8-9)5-1-3-10-4-2-5/h5,9H,1-4H2,(H2,7,8). The molecule has 0 saturated carbocycles. The Morgan fingerprint density at radius 1 is 1.50 bits per heavy atom. The van der Waals surface area contributed by atoms with Crippen LogP contribution in [0.5, 0.6) is 0 Å². The Labute approximate surface area is 59.7 Å². The summed E-state index contributed by atoms with van der Waals surface area (Å²) >= 11 is 0. The number of hydrogen-bond acceptors (Lipinski definition) is 3. The van der Waals surface area contributed by atoms with E-state index in [0.29, 0.717) is 5.84 Å². The molecule has 1 saturated heterocycles. The van der Waals surface area contributed by atoms with Gasteiger partial charge in [0.05, 0.1) is 0 Å². The molecule has 1 aliphatic heterocycles. The number of oxime groups is 1. The van der Waals surface area contributed by atoms with Gasteiger partial charge in [-0.3, -0.25) is 0 Å². The summed E-state index contributed by atoms with van der Waals surface area (Å²) in [6, 6.07) is 0. The van der Waals surface area contributed by atoms with Crippen molar-refractivity contribution in [1.82, 2.24) is 0 Å². The van der Waals surface area contributed by atoms with E-state index in [1.54, 1.807) is 0 Å². The van der Waals surface area contributed by atoms with Crippen LogP contribution in [0.25, 0.3) is 0 Å². The zero-order valence-corrected chi connectivity index (χ0v) is 5.79. The minimum absolute atomic E-state index is 0.221. The second-order valence-corrected chi connectivity index (χ2v) is 2.41. The number of hydrogen-bond donors (Lipinski definition) is 2. The maximum atomic E-state index is 8.31. The first-order chi connectivity index (χ1) is 4.84. The number of ether oxygens (including phenoxy) is 1. The van der Waals surface area contributed by atoms with E-state index in [2.05, 4.69) is 5.16 Å². The summed E-state index contributed by atoms with van der Waals surface area (Å²) in [5.74, 6) is 0.557. The van der Waals surface area contributed by atoms with Gasteiger partial charge in [0, 0.05) is 19.1 Å². The van der Waals surface area contributed by atoms with Crippen LogP contribution in [0.3, 0.4) is 0 Å². The summed E-state index contributed by atoms with van der Waals surface area (Å²) in [4.78, 5) is 0. The fourth-order valence-electron chi connectivity index (χ4n) is 1.07. The first-order valence-corrected chi connectivity index (χ1v) is 3.39. The van der Waals surface area contributed by atoms with Crippen LogP contribution in [0.2, 0.25) is 0 Å². The largest absolute Gasteiger partial charge is 0.409 e. The second kappa shape index (κ2) is 3.41. The highest BCUT2D eigenvalue weighted by molar-refractivity contribution is 5.82. The quantitative estimate of drug-likeness (QED) is 0.238. The van der Waals surface area contributed by atoms with Gasteiger partial charge in [0.15, 0.2) is 0 Å². The lowest BCUT2D eigenvalue weighted by molar-refractivity contribution is 0.0817. The van der Waals surface area contributed by atoms with Crippen molar-refractivity contribution in [3.8, 4) is 0 Å². The minimum atomic E-state index is 0.221. The summed E-state index contributed by atoms with van der Waals surface area (Å²) in [5.41, 5.74) is 5.39. The third-order valence-electron chi connectivity index (χ3n) is 1.76. The molecule has 1 fully saturated rings. The maximum Gasteiger partial charge on any atom is 0.142 e. The van der Waals surface area contributed by atoms with Crippen LogP contribution in [0.4, 0.5) is 0 Å². The molecule has 3 N–H and O–H groups in total. The second-order valence-electron chi connectivity index (χ2n) is 2.41. The lowest BCUT2D eigenvalue weighted by atomic mass is 10.00. The third-order valence-corrected chi connectivity index (χ3v) is 1.76. The van der Waals surface area contributed by atoms with E-state index in [1.807, 2.05) is 0 Å². The summed E-state index contributed by atoms with van der Waals surface area (Å²) < 4.78 is 5.10. The van der Waals surface area contributed by atoms with Crippen LogP contribution in [0.15, 0.2) is 5.16 Å². The van der Waals surface area contributed by atoms with Gasteiger partial charge in [-0.25, -0.2) is 0 Å². The Morgan fingerprint density at radius 2 is 2.10 bits per heavy atom. The summed E-state index contributed by atoms with van der Waals surface area (Å²) in [6.45, 7) is 1.45. The first-order valence-electron chi connectivity index (χ1n) is 3.39. The molecule has 0 atom stereocenters. The Bertz CT molecular complexity index is 130. The van der Waals surface area contributed by atoms with Gasteiger partial charge in [-0.15, -0.1) is 0 Å². The van der Waals surface area contributed by atoms with Crippen molar-refractivity contribution in [1.29, 1.82) is 0 Å². The van der Waals surface area contributed by atoms with E-state index in [1.165, 1.54) is 0 Å². The van der Waals surface area contributed by atoms with Crippen molar-refractivity contribution in [3.63, 3.8) is 0 Å². The van der Waals surface area contributed by atoms with Crippen molar-refractivity contribution in [2.45, 2.75) is 12.8 Å². The van der Waals surface area contributed by atoms with E-state index >= 15 is 0 Å². The highest BCUT2D eigenvalue weighted by Gasteiger charge is 2.17. The molecule has 0 unspecified atom stereocenters. The molecule has 58 valence electrons. The Morgan fingerprint density at radius 3 is 2.60 bits per heavy atom. The maximum absolute atomic E-state index is 8.31. The Balaban J connectivity index is 2.39. The fraction of sp³-hybridized carbons (Fsp3) is 0.833. The predicted octanol–water partition coefficient (Wildman–Crippen LogP) is 0.159. The molecule has 1 rings (SSSR count). The molecule has 0 amide bonds. The van der Waals surface area contributed by atoms with Gasteiger partial charge < -0.3 is 15.7 Å².